The number of rotatable bonds is 67. The van der Waals surface area contributed by atoms with Crippen molar-refractivity contribution < 1.29 is 28.6 Å². The number of hydrogen-bond donors (Lipinski definition) is 0. The van der Waals surface area contributed by atoms with Crippen LogP contribution in [0.1, 0.15) is 412 Å². The Kier molecular flexibility index (Phi) is 66.0. The summed E-state index contributed by atoms with van der Waals surface area (Å²) in [4.78, 5) is 38.4. The van der Waals surface area contributed by atoms with Crippen molar-refractivity contribution in [1.82, 2.24) is 0 Å². The summed E-state index contributed by atoms with van der Waals surface area (Å²) in [5.74, 6) is -0.826. The molecule has 1 unspecified atom stereocenters. The van der Waals surface area contributed by atoms with E-state index >= 15 is 0 Å². The molecule has 0 heterocycles. The molecule has 0 N–H and O–H groups in total. The lowest BCUT2D eigenvalue weighted by Crippen LogP contribution is -2.30. The fourth-order valence-electron chi connectivity index (χ4n) is 11.2. The van der Waals surface area contributed by atoms with E-state index in [0.29, 0.717) is 19.3 Å². The highest BCUT2D eigenvalue weighted by atomic mass is 16.6. The first-order chi connectivity index (χ1) is 38.5. The summed E-state index contributed by atoms with van der Waals surface area (Å²) in [6.45, 7) is 6.73. The van der Waals surface area contributed by atoms with Crippen molar-refractivity contribution in [2.45, 2.75) is 419 Å². The molecule has 6 heteroatoms. The summed E-state index contributed by atoms with van der Waals surface area (Å²) >= 11 is 0. The number of carbonyl (C=O) groups excluding carboxylic acids is 3. The number of esters is 3. The topological polar surface area (TPSA) is 78.9 Å². The summed E-state index contributed by atoms with van der Waals surface area (Å²) < 4.78 is 17.0. The third kappa shape index (κ3) is 65.0. The average molecular weight is 1100 g/mol. The van der Waals surface area contributed by atoms with E-state index in [9.17, 15) is 14.4 Å². The van der Waals surface area contributed by atoms with Gasteiger partial charge in [-0.1, -0.05) is 360 Å². The van der Waals surface area contributed by atoms with Crippen LogP contribution >= 0.6 is 0 Å². The zero-order valence-electron chi connectivity index (χ0n) is 53.2. The molecule has 0 saturated heterocycles. The Morgan fingerprint density at radius 3 is 0.641 bits per heavy atom. The van der Waals surface area contributed by atoms with Gasteiger partial charge in [0.15, 0.2) is 6.10 Å². The van der Waals surface area contributed by atoms with Gasteiger partial charge < -0.3 is 14.2 Å². The van der Waals surface area contributed by atoms with Gasteiger partial charge in [0.2, 0.25) is 0 Å². The van der Waals surface area contributed by atoms with E-state index in [1.54, 1.807) is 0 Å². The highest BCUT2D eigenvalue weighted by molar-refractivity contribution is 5.71. The fraction of sp³-hybridized carbons (Fsp3) is 0.931. The largest absolute Gasteiger partial charge is 0.462 e. The minimum Gasteiger partial charge on any atom is -0.462 e. The van der Waals surface area contributed by atoms with Crippen LogP contribution in [0.25, 0.3) is 0 Å². The van der Waals surface area contributed by atoms with Gasteiger partial charge in [-0.3, -0.25) is 14.4 Å². The Bertz CT molecular complexity index is 1210. The van der Waals surface area contributed by atoms with Gasteiger partial charge in [-0.25, -0.2) is 0 Å². The fourth-order valence-corrected chi connectivity index (χ4v) is 11.2. The minimum atomic E-state index is -0.764. The monoisotopic (exact) mass is 1100 g/mol. The minimum absolute atomic E-state index is 0.0621. The first-order valence-corrected chi connectivity index (χ1v) is 35.7. The standard InChI is InChI=1S/C72H138O6/c1-4-7-10-13-16-19-22-25-27-29-31-32-33-34-35-36-37-38-39-40-42-43-45-47-50-53-56-59-62-65-71(74)77-68-69(67-76-70(73)64-61-58-55-52-49-24-21-18-15-12-9-6-3)78-72(75)66-63-60-57-54-51-48-46-44-41-30-28-26-23-20-17-14-11-8-5-2/h29,31,69H,4-28,30,32-68H2,1-3H3/b31-29-. The second-order valence-electron chi connectivity index (χ2n) is 24.5. The van der Waals surface area contributed by atoms with Crippen LogP contribution in [0.15, 0.2) is 12.2 Å². The molecule has 6 nitrogen and oxygen atoms in total. The van der Waals surface area contributed by atoms with E-state index in [1.807, 2.05) is 0 Å². The number of allylic oxidation sites excluding steroid dienone is 2. The number of unbranched alkanes of at least 4 members (excludes halogenated alkanes) is 54. The molecule has 0 aliphatic carbocycles. The molecular formula is C72H138O6. The van der Waals surface area contributed by atoms with Gasteiger partial charge in [-0.2, -0.15) is 0 Å². The predicted molar refractivity (Wildman–Crippen MR) is 340 cm³/mol. The van der Waals surface area contributed by atoms with Gasteiger partial charge in [0.25, 0.3) is 0 Å². The highest BCUT2D eigenvalue weighted by Crippen LogP contribution is 2.19. The number of carbonyl (C=O) groups is 3. The molecule has 0 radical (unpaired) electrons. The van der Waals surface area contributed by atoms with Crippen LogP contribution in [-0.4, -0.2) is 37.2 Å². The van der Waals surface area contributed by atoms with Crippen molar-refractivity contribution in [3.63, 3.8) is 0 Å². The Morgan fingerprint density at radius 2 is 0.423 bits per heavy atom. The zero-order chi connectivity index (χ0) is 56.4. The molecular weight excluding hydrogens is 961 g/mol. The number of hydrogen-bond acceptors (Lipinski definition) is 6. The first-order valence-electron chi connectivity index (χ1n) is 35.7. The maximum absolute atomic E-state index is 12.9. The third-order valence-electron chi connectivity index (χ3n) is 16.5. The van der Waals surface area contributed by atoms with Crippen LogP contribution < -0.4 is 0 Å². The van der Waals surface area contributed by atoms with Gasteiger partial charge in [0.05, 0.1) is 0 Å². The van der Waals surface area contributed by atoms with Crippen molar-refractivity contribution in [3.05, 3.63) is 12.2 Å². The van der Waals surface area contributed by atoms with Crippen LogP contribution in [0, 0.1) is 0 Å². The molecule has 0 fully saturated rings. The quantitative estimate of drug-likeness (QED) is 0.0261. The van der Waals surface area contributed by atoms with Crippen LogP contribution in [0.5, 0.6) is 0 Å². The molecule has 462 valence electrons. The molecule has 0 saturated carbocycles. The zero-order valence-corrected chi connectivity index (χ0v) is 53.2. The Morgan fingerprint density at radius 1 is 0.244 bits per heavy atom. The van der Waals surface area contributed by atoms with E-state index in [2.05, 4.69) is 32.9 Å². The molecule has 78 heavy (non-hydrogen) atoms. The molecule has 0 aliphatic heterocycles. The van der Waals surface area contributed by atoms with Crippen molar-refractivity contribution in [2.75, 3.05) is 13.2 Å². The van der Waals surface area contributed by atoms with E-state index < -0.39 is 6.10 Å². The summed E-state index contributed by atoms with van der Waals surface area (Å²) in [7, 11) is 0. The van der Waals surface area contributed by atoms with E-state index in [-0.39, 0.29) is 31.1 Å². The van der Waals surface area contributed by atoms with Crippen molar-refractivity contribution in [3.8, 4) is 0 Å². The summed E-state index contributed by atoms with van der Waals surface area (Å²) in [6, 6.07) is 0. The summed E-state index contributed by atoms with van der Waals surface area (Å²) in [5.41, 5.74) is 0. The Balaban J connectivity index is 4.13. The molecule has 0 aromatic heterocycles. The van der Waals surface area contributed by atoms with Crippen LogP contribution in [0.4, 0.5) is 0 Å². The summed E-state index contributed by atoms with van der Waals surface area (Å²) in [6.07, 6.45) is 81.1. The first kappa shape index (κ1) is 76.1. The van der Waals surface area contributed by atoms with Gasteiger partial charge in [0.1, 0.15) is 13.2 Å². The lowest BCUT2D eigenvalue weighted by Gasteiger charge is -2.18. The van der Waals surface area contributed by atoms with E-state index in [0.717, 1.165) is 57.8 Å². The van der Waals surface area contributed by atoms with Gasteiger partial charge in [0, 0.05) is 19.3 Å². The van der Waals surface area contributed by atoms with Crippen LogP contribution in [0.3, 0.4) is 0 Å². The Hall–Kier alpha value is -1.85. The normalized spacial score (nSPS) is 12.0. The number of ether oxygens (including phenoxy) is 3. The average Bonchev–Trinajstić information content (AvgIpc) is 3.44. The maximum Gasteiger partial charge on any atom is 0.306 e. The van der Waals surface area contributed by atoms with E-state index in [4.69, 9.17) is 14.2 Å². The molecule has 0 spiro atoms. The van der Waals surface area contributed by atoms with Gasteiger partial charge in [-0.05, 0) is 44.9 Å². The van der Waals surface area contributed by atoms with Crippen molar-refractivity contribution in [1.29, 1.82) is 0 Å². The molecule has 0 aromatic carbocycles. The summed E-state index contributed by atoms with van der Waals surface area (Å²) in [5, 5.41) is 0. The lowest BCUT2D eigenvalue weighted by molar-refractivity contribution is -0.167. The van der Waals surface area contributed by atoms with Crippen molar-refractivity contribution in [2.24, 2.45) is 0 Å². The molecule has 0 bridgehead atoms. The molecule has 0 rings (SSSR count). The third-order valence-corrected chi connectivity index (χ3v) is 16.5. The smallest absolute Gasteiger partial charge is 0.306 e. The SMILES string of the molecule is CCCCCCCCCC/C=C\CCCCCCCCCCCCCCCCCCCC(=O)OCC(COC(=O)CCCCCCCCCCCCCC)OC(=O)CCCCCCCCCCCCCCCCCCCCC. The molecule has 0 amide bonds. The maximum atomic E-state index is 12.9. The highest BCUT2D eigenvalue weighted by Gasteiger charge is 2.19. The molecule has 1 atom stereocenters. The van der Waals surface area contributed by atoms with Crippen molar-refractivity contribution >= 4 is 17.9 Å². The van der Waals surface area contributed by atoms with Crippen LogP contribution in [-0.2, 0) is 28.6 Å². The second kappa shape index (κ2) is 67.7. The molecule has 0 aromatic rings. The van der Waals surface area contributed by atoms with Crippen LogP contribution in [0.2, 0.25) is 0 Å². The molecule has 0 aliphatic rings. The van der Waals surface area contributed by atoms with Gasteiger partial charge in [-0.15, -0.1) is 0 Å². The second-order valence-corrected chi connectivity index (χ2v) is 24.5. The Labute approximate surface area is 488 Å². The van der Waals surface area contributed by atoms with E-state index in [1.165, 1.54) is 315 Å². The van der Waals surface area contributed by atoms with Gasteiger partial charge >= 0.3 is 17.9 Å². The predicted octanol–water partition coefficient (Wildman–Crippen LogP) is 24.4. The lowest BCUT2D eigenvalue weighted by atomic mass is 10.0.